The number of rotatable bonds is 6. The van der Waals surface area contributed by atoms with E-state index < -0.39 is 11.7 Å². The summed E-state index contributed by atoms with van der Waals surface area (Å²) < 4.78 is 40.8. The molecule has 2 aromatic heterocycles. The van der Waals surface area contributed by atoms with E-state index in [1.807, 2.05) is 32.0 Å². The molecule has 0 saturated carbocycles. The van der Waals surface area contributed by atoms with Gasteiger partial charge in [-0.1, -0.05) is 47.7 Å². The van der Waals surface area contributed by atoms with E-state index >= 15 is 0 Å². The Kier molecular flexibility index (Phi) is 6.42. The van der Waals surface area contributed by atoms with Gasteiger partial charge in [-0.05, 0) is 43.2 Å². The van der Waals surface area contributed by atoms with Crippen LogP contribution in [0.5, 0.6) is 0 Å². The normalized spacial score (nSPS) is 11.7. The molecule has 0 fully saturated rings. The van der Waals surface area contributed by atoms with Crippen molar-refractivity contribution in [2.24, 2.45) is 0 Å². The summed E-state index contributed by atoms with van der Waals surface area (Å²) in [6, 6.07) is 12.7. The minimum absolute atomic E-state index is 0.000430. The number of aromatic nitrogens is 3. The van der Waals surface area contributed by atoms with Crippen LogP contribution in [-0.4, -0.2) is 20.4 Å². The van der Waals surface area contributed by atoms with Crippen molar-refractivity contribution in [2.75, 3.05) is 5.32 Å². The molecule has 0 bridgehead atoms. The molecule has 9 heteroatoms. The molecule has 1 amide bonds. The van der Waals surface area contributed by atoms with Gasteiger partial charge in [0.15, 0.2) is 5.16 Å². The Balaban J connectivity index is 1.56. The van der Waals surface area contributed by atoms with Gasteiger partial charge in [0.25, 0.3) is 0 Å². The van der Waals surface area contributed by atoms with Gasteiger partial charge in [-0.15, -0.1) is 0 Å². The second-order valence-corrected chi connectivity index (χ2v) is 8.64. The number of pyridine rings is 1. The molecule has 33 heavy (non-hydrogen) atoms. The van der Waals surface area contributed by atoms with Crippen molar-refractivity contribution in [1.82, 2.24) is 14.5 Å². The highest BCUT2D eigenvalue weighted by Gasteiger charge is 2.30. The van der Waals surface area contributed by atoms with E-state index in [4.69, 9.17) is 0 Å². The summed E-state index contributed by atoms with van der Waals surface area (Å²) in [6.45, 7) is 3.91. The van der Waals surface area contributed by atoms with E-state index in [1.54, 1.807) is 29.1 Å². The Bertz CT molecular complexity index is 1320. The first-order valence-corrected chi connectivity index (χ1v) is 11.2. The van der Waals surface area contributed by atoms with Crippen LogP contribution in [0.1, 0.15) is 22.3 Å². The number of alkyl halides is 3. The Morgan fingerprint density at radius 2 is 1.94 bits per heavy atom. The number of hydrogen-bond donors (Lipinski definition) is 1. The molecule has 0 atom stereocenters. The van der Waals surface area contributed by atoms with E-state index in [9.17, 15) is 18.0 Å². The Labute approximate surface area is 193 Å². The van der Waals surface area contributed by atoms with Gasteiger partial charge in [0.1, 0.15) is 6.54 Å². The Morgan fingerprint density at radius 3 is 2.70 bits per heavy atom. The van der Waals surface area contributed by atoms with E-state index in [0.717, 1.165) is 28.9 Å². The number of aryl methyl sites for hydroxylation is 2. The number of amides is 1. The second kappa shape index (κ2) is 9.27. The zero-order chi connectivity index (χ0) is 23.6. The van der Waals surface area contributed by atoms with Crippen molar-refractivity contribution >= 4 is 34.4 Å². The molecular weight excluding hydrogens is 449 g/mol. The van der Waals surface area contributed by atoms with Crippen LogP contribution in [0.3, 0.4) is 0 Å². The zero-order valence-electron chi connectivity index (χ0n) is 18.0. The largest absolute Gasteiger partial charge is 0.416 e. The van der Waals surface area contributed by atoms with Crippen molar-refractivity contribution in [3.05, 3.63) is 83.2 Å². The van der Waals surface area contributed by atoms with Crippen LogP contribution in [-0.2, 0) is 23.3 Å². The zero-order valence-corrected chi connectivity index (χ0v) is 18.8. The number of nitrogens with one attached hydrogen (secondary N) is 1. The average Bonchev–Trinajstić information content (AvgIpc) is 3.11. The van der Waals surface area contributed by atoms with Gasteiger partial charge in [0.2, 0.25) is 5.91 Å². The maximum absolute atomic E-state index is 13.0. The number of halogens is 3. The summed E-state index contributed by atoms with van der Waals surface area (Å²) in [7, 11) is 0. The number of anilines is 1. The lowest BCUT2D eigenvalue weighted by molar-refractivity contribution is -0.137. The third-order valence-electron chi connectivity index (χ3n) is 5.10. The van der Waals surface area contributed by atoms with E-state index in [-0.39, 0.29) is 18.2 Å². The van der Waals surface area contributed by atoms with Crippen LogP contribution in [0.15, 0.2) is 66.1 Å². The number of hydrogen-bond acceptors (Lipinski definition) is 4. The molecule has 1 N–H and O–H groups in total. The molecule has 0 aliphatic carbocycles. The topological polar surface area (TPSA) is 59.8 Å². The van der Waals surface area contributed by atoms with Crippen molar-refractivity contribution < 1.29 is 18.0 Å². The quantitative estimate of drug-likeness (QED) is 0.351. The SMILES string of the molecule is Cc1ccc(NC(=O)Cn2c(SCc3cccc(C(F)(F)F)c3)nc3ccncc32)c(C)c1. The van der Waals surface area contributed by atoms with Gasteiger partial charge in [-0.2, -0.15) is 13.2 Å². The molecule has 4 rings (SSSR count). The lowest BCUT2D eigenvalue weighted by atomic mass is 10.1. The predicted octanol–water partition coefficient (Wildman–Crippen LogP) is 6.00. The molecule has 5 nitrogen and oxygen atoms in total. The molecule has 0 aliphatic heterocycles. The molecule has 0 spiro atoms. The molecule has 4 aromatic rings. The lowest BCUT2D eigenvalue weighted by Crippen LogP contribution is -2.19. The first-order valence-electron chi connectivity index (χ1n) is 10.2. The van der Waals surface area contributed by atoms with E-state index in [1.165, 1.54) is 17.8 Å². The van der Waals surface area contributed by atoms with Gasteiger partial charge in [0.05, 0.1) is 22.8 Å². The van der Waals surface area contributed by atoms with Gasteiger partial charge in [-0.25, -0.2) is 4.98 Å². The number of fused-ring (bicyclic) bond motifs is 1. The first-order chi connectivity index (χ1) is 15.7. The second-order valence-electron chi connectivity index (χ2n) is 7.70. The van der Waals surface area contributed by atoms with Crippen molar-refractivity contribution in [2.45, 2.75) is 37.5 Å². The van der Waals surface area contributed by atoms with Gasteiger partial charge in [0, 0.05) is 17.6 Å². The summed E-state index contributed by atoms with van der Waals surface area (Å²) >= 11 is 1.28. The minimum Gasteiger partial charge on any atom is -0.324 e. The summed E-state index contributed by atoms with van der Waals surface area (Å²) in [5.41, 5.74) is 3.96. The summed E-state index contributed by atoms with van der Waals surface area (Å²) in [5, 5.41) is 3.46. The van der Waals surface area contributed by atoms with Gasteiger partial charge >= 0.3 is 6.18 Å². The van der Waals surface area contributed by atoms with Crippen LogP contribution in [0.4, 0.5) is 18.9 Å². The maximum atomic E-state index is 13.0. The number of thioether (sulfide) groups is 1. The fourth-order valence-electron chi connectivity index (χ4n) is 3.48. The average molecular weight is 471 g/mol. The van der Waals surface area contributed by atoms with Crippen molar-refractivity contribution in [3.63, 3.8) is 0 Å². The first kappa shape index (κ1) is 22.8. The Hall–Kier alpha value is -3.33. The standard InChI is InChI=1S/C24H21F3N4OS/c1-15-6-7-19(16(2)10-15)29-22(32)13-31-21-12-28-9-8-20(21)30-23(31)33-14-17-4-3-5-18(11-17)24(25,26)27/h3-12H,13-14H2,1-2H3,(H,29,32). The third kappa shape index (κ3) is 5.36. The highest BCUT2D eigenvalue weighted by molar-refractivity contribution is 7.98. The summed E-state index contributed by atoms with van der Waals surface area (Å²) in [6.07, 6.45) is -1.16. The summed E-state index contributed by atoms with van der Waals surface area (Å²) in [4.78, 5) is 21.5. The van der Waals surface area contributed by atoms with Crippen LogP contribution >= 0.6 is 11.8 Å². The molecule has 0 radical (unpaired) electrons. The molecule has 0 unspecified atom stereocenters. The number of carbonyl (C=O) groups is 1. The molecule has 0 saturated heterocycles. The van der Waals surface area contributed by atoms with Crippen molar-refractivity contribution in [3.8, 4) is 0 Å². The van der Waals surface area contributed by atoms with Crippen LogP contribution in [0.25, 0.3) is 11.0 Å². The number of imidazole rings is 1. The number of carbonyl (C=O) groups excluding carboxylic acids is 1. The number of benzene rings is 2. The monoisotopic (exact) mass is 470 g/mol. The van der Waals surface area contributed by atoms with Crippen LogP contribution < -0.4 is 5.32 Å². The predicted molar refractivity (Wildman–Crippen MR) is 123 cm³/mol. The molecule has 0 aliphatic rings. The van der Waals surface area contributed by atoms with E-state index in [2.05, 4.69) is 15.3 Å². The van der Waals surface area contributed by atoms with Gasteiger partial charge < -0.3 is 9.88 Å². The molecular formula is C24H21F3N4OS. The van der Waals surface area contributed by atoms with E-state index in [0.29, 0.717) is 21.8 Å². The Morgan fingerprint density at radius 1 is 1.12 bits per heavy atom. The highest BCUT2D eigenvalue weighted by atomic mass is 32.2. The van der Waals surface area contributed by atoms with Crippen molar-refractivity contribution in [1.29, 1.82) is 0 Å². The van der Waals surface area contributed by atoms with Crippen LogP contribution in [0.2, 0.25) is 0 Å². The smallest absolute Gasteiger partial charge is 0.324 e. The third-order valence-corrected chi connectivity index (χ3v) is 6.14. The molecule has 2 aromatic carbocycles. The fourth-order valence-corrected chi connectivity index (χ4v) is 4.44. The minimum atomic E-state index is -4.40. The highest BCUT2D eigenvalue weighted by Crippen LogP contribution is 2.32. The maximum Gasteiger partial charge on any atom is 0.416 e. The van der Waals surface area contributed by atoms with Crippen LogP contribution in [0, 0.1) is 13.8 Å². The lowest BCUT2D eigenvalue weighted by Gasteiger charge is -2.12. The molecule has 170 valence electrons. The fraction of sp³-hybridized carbons (Fsp3) is 0.208. The molecule has 2 heterocycles. The van der Waals surface area contributed by atoms with Gasteiger partial charge in [-0.3, -0.25) is 9.78 Å². The number of nitrogens with zero attached hydrogens (tertiary/aromatic N) is 3. The summed E-state index contributed by atoms with van der Waals surface area (Å²) in [5.74, 6) is 0.0466.